The fourth-order valence-electron chi connectivity index (χ4n) is 3.40. The lowest BCUT2D eigenvalue weighted by molar-refractivity contribution is -0.139. The number of nitrogens with one attached hydrogen (secondary N) is 1. The molecule has 2 amide bonds. The summed E-state index contributed by atoms with van der Waals surface area (Å²) in [5.41, 5.74) is 4.65. The van der Waals surface area contributed by atoms with Crippen LogP contribution in [-0.2, 0) is 21.9 Å². The summed E-state index contributed by atoms with van der Waals surface area (Å²) in [5.74, 6) is 1.08. The molecule has 162 valence electrons. The second-order valence-corrected chi connectivity index (χ2v) is 8.63. The maximum absolute atomic E-state index is 13.2. The number of hydrogen-bond donors (Lipinski definition) is 1. The minimum Gasteiger partial charge on any atom is -0.354 e. The normalized spacial score (nSPS) is 11.7. The van der Waals surface area contributed by atoms with E-state index < -0.39 is 6.04 Å². The van der Waals surface area contributed by atoms with Crippen molar-refractivity contribution in [3.63, 3.8) is 0 Å². The van der Waals surface area contributed by atoms with Gasteiger partial charge in [0.15, 0.2) is 0 Å². The van der Waals surface area contributed by atoms with Gasteiger partial charge in [-0.3, -0.25) is 9.59 Å². The van der Waals surface area contributed by atoms with Crippen LogP contribution in [0.5, 0.6) is 0 Å². The van der Waals surface area contributed by atoms with Gasteiger partial charge in [-0.25, -0.2) is 0 Å². The summed E-state index contributed by atoms with van der Waals surface area (Å²) >= 11 is 1.60. The average Bonchev–Trinajstić information content (AvgIpc) is 2.73. The number of rotatable bonds is 11. The number of carbonyl (C=O) groups excluding carboxylic acids is 2. The smallest absolute Gasteiger partial charge is 0.242 e. The van der Waals surface area contributed by atoms with Crippen molar-refractivity contribution in [1.29, 1.82) is 0 Å². The SMILES string of the molecule is CCCNC(=O)[C@@H](CC)N(Cc1ccccc1C)C(=O)CSCc1cccc(C)c1. The molecule has 0 unspecified atom stereocenters. The van der Waals surface area contributed by atoms with Gasteiger partial charge in [-0.05, 0) is 43.4 Å². The van der Waals surface area contributed by atoms with E-state index in [0.29, 0.717) is 25.3 Å². The Morgan fingerprint density at radius 3 is 2.50 bits per heavy atom. The van der Waals surface area contributed by atoms with Gasteiger partial charge in [0.2, 0.25) is 11.8 Å². The molecule has 5 heteroatoms. The van der Waals surface area contributed by atoms with Crippen LogP contribution in [0, 0.1) is 13.8 Å². The van der Waals surface area contributed by atoms with E-state index in [1.54, 1.807) is 16.7 Å². The first-order valence-electron chi connectivity index (χ1n) is 10.7. The van der Waals surface area contributed by atoms with Crippen molar-refractivity contribution < 1.29 is 9.59 Å². The van der Waals surface area contributed by atoms with Crippen molar-refractivity contribution in [2.24, 2.45) is 0 Å². The number of carbonyl (C=O) groups is 2. The van der Waals surface area contributed by atoms with E-state index >= 15 is 0 Å². The monoisotopic (exact) mass is 426 g/mol. The third-order valence-corrected chi connectivity index (χ3v) is 6.10. The number of amides is 2. The number of aryl methyl sites for hydroxylation is 2. The molecule has 2 aromatic carbocycles. The lowest BCUT2D eigenvalue weighted by Crippen LogP contribution is -2.49. The second kappa shape index (κ2) is 12.4. The van der Waals surface area contributed by atoms with Crippen LogP contribution in [0.3, 0.4) is 0 Å². The summed E-state index contributed by atoms with van der Waals surface area (Å²) < 4.78 is 0. The van der Waals surface area contributed by atoms with Gasteiger partial charge in [0.1, 0.15) is 6.04 Å². The van der Waals surface area contributed by atoms with Gasteiger partial charge < -0.3 is 10.2 Å². The Labute approximate surface area is 185 Å². The van der Waals surface area contributed by atoms with Crippen LogP contribution in [0.1, 0.15) is 48.9 Å². The van der Waals surface area contributed by atoms with Crippen LogP contribution in [-0.4, -0.2) is 35.1 Å². The molecule has 0 aromatic heterocycles. The van der Waals surface area contributed by atoms with Gasteiger partial charge >= 0.3 is 0 Å². The average molecular weight is 427 g/mol. The first kappa shape index (κ1) is 24.0. The third kappa shape index (κ3) is 7.21. The van der Waals surface area contributed by atoms with Gasteiger partial charge in [0, 0.05) is 18.8 Å². The van der Waals surface area contributed by atoms with Crippen LogP contribution >= 0.6 is 11.8 Å². The largest absolute Gasteiger partial charge is 0.354 e. The third-order valence-electron chi connectivity index (χ3n) is 5.11. The molecule has 1 atom stereocenters. The second-order valence-electron chi connectivity index (χ2n) is 7.65. The fraction of sp³-hybridized carbons (Fsp3) is 0.440. The Hall–Kier alpha value is -2.27. The number of thioether (sulfide) groups is 1. The molecule has 0 fully saturated rings. The Morgan fingerprint density at radius 1 is 1.07 bits per heavy atom. The molecule has 0 heterocycles. The van der Waals surface area contributed by atoms with E-state index in [1.807, 2.05) is 51.1 Å². The zero-order valence-electron chi connectivity index (χ0n) is 18.6. The molecule has 30 heavy (non-hydrogen) atoms. The highest BCUT2D eigenvalue weighted by Gasteiger charge is 2.28. The van der Waals surface area contributed by atoms with Crippen LogP contribution in [0.2, 0.25) is 0 Å². The molecule has 2 aromatic rings. The van der Waals surface area contributed by atoms with Gasteiger partial charge in [0.05, 0.1) is 5.75 Å². The van der Waals surface area contributed by atoms with E-state index in [2.05, 4.69) is 30.4 Å². The van der Waals surface area contributed by atoms with Crippen molar-refractivity contribution in [3.05, 3.63) is 70.8 Å². The van der Waals surface area contributed by atoms with Crippen molar-refractivity contribution in [2.75, 3.05) is 12.3 Å². The van der Waals surface area contributed by atoms with Gasteiger partial charge in [-0.1, -0.05) is 67.9 Å². The fourth-order valence-corrected chi connectivity index (χ4v) is 4.26. The van der Waals surface area contributed by atoms with E-state index in [4.69, 9.17) is 0 Å². The molecular weight excluding hydrogens is 392 g/mol. The van der Waals surface area contributed by atoms with E-state index in [9.17, 15) is 9.59 Å². The predicted octanol–water partition coefficient (Wildman–Crippen LogP) is 4.87. The summed E-state index contributed by atoms with van der Waals surface area (Å²) in [6, 6.07) is 16.0. The standard InChI is InChI=1S/C25H34N2O2S/c1-5-14-26-25(29)23(6-2)27(16-22-13-8-7-11-20(22)4)24(28)18-30-17-21-12-9-10-19(3)15-21/h7-13,15,23H,5-6,14,16-18H2,1-4H3,(H,26,29)/t23-/m1/s1. The van der Waals surface area contributed by atoms with Gasteiger partial charge in [-0.2, -0.15) is 0 Å². The Morgan fingerprint density at radius 2 is 1.83 bits per heavy atom. The molecule has 0 spiro atoms. The molecular formula is C25H34N2O2S. The Kier molecular flexibility index (Phi) is 9.95. The van der Waals surface area contributed by atoms with Gasteiger partial charge in [0.25, 0.3) is 0 Å². The molecule has 2 rings (SSSR count). The maximum Gasteiger partial charge on any atom is 0.242 e. The van der Waals surface area contributed by atoms with Crippen molar-refractivity contribution >= 4 is 23.6 Å². The molecule has 0 bridgehead atoms. The highest BCUT2D eigenvalue weighted by Crippen LogP contribution is 2.19. The summed E-state index contributed by atoms with van der Waals surface area (Å²) in [6.45, 7) is 9.19. The van der Waals surface area contributed by atoms with Crippen molar-refractivity contribution in [2.45, 2.75) is 58.9 Å². The molecule has 0 saturated heterocycles. The van der Waals surface area contributed by atoms with Crippen LogP contribution < -0.4 is 5.32 Å². The van der Waals surface area contributed by atoms with Crippen LogP contribution in [0.15, 0.2) is 48.5 Å². The Bertz CT molecular complexity index is 837. The number of nitrogens with zero attached hydrogens (tertiary/aromatic N) is 1. The quantitative estimate of drug-likeness (QED) is 0.558. The molecule has 1 N–H and O–H groups in total. The van der Waals surface area contributed by atoms with E-state index in [-0.39, 0.29) is 11.8 Å². The summed E-state index contributed by atoms with van der Waals surface area (Å²) in [7, 11) is 0. The minimum absolute atomic E-state index is 0.00871. The van der Waals surface area contributed by atoms with E-state index in [1.165, 1.54) is 11.1 Å². The zero-order chi connectivity index (χ0) is 21.9. The molecule has 4 nitrogen and oxygen atoms in total. The number of benzene rings is 2. The van der Waals surface area contributed by atoms with Crippen LogP contribution in [0.4, 0.5) is 0 Å². The summed E-state index contributed by atoms with van der Waals surface area (Å²) in [4.78, 5) is 27.8. The lowest BCUT2D eigenvalue weighted by Gasteiger charge is -2.31. The van der Waals surface area contributed by atoms with Crippen molar-refractivity contribution in [3.8, 4) is 0 Å². The summed E-state index contributed by atoms with van der Waals surface area (Å²) in [5, 5.41) is 2.97. The van der Waals surface area contributed by atoms with Crippen molar-refractivity contribution in [1.82, 2.24) is 10.2 Å². The maximum atomic E-state index is 13.2. The number of hydrogen-bond acceptors (Lipinski definition) is 3. The molecule has 0 saturated carbocycles. The van der Waals surface area contributed by atoms with Gasteiger partial charge in [-0.15, -0.1) is 11.8 Å². The molecule has 0 aliphatic carbocycles. The predicted molar refractivity (Wildman–Crippen MR) is 126 cm³/mol. The summed E-state index contributed by atoms with van der Waals surface area (Å²) in [6.07, 6.45) is 1.47. The Balaban J connectivity index is 2.12. The molecule has 0 aliphatic heterocycles. The molecule has 0 radical (unpaired) electrons. The van der Waals surface area contributed by atoms with Crippen LogP contribution in [0.25, 0.3) is 0 Å². The molecule has 0 aliphatic rings. The topological polar surface area (TPSA) is 49.4 Å². The first-order chi connectivity index (χ1) is 14.5. The highest BCUT2D eigenvalue weighted by molar-refractivity contribution is 7.99. The first-order valence-corrected chi connectivity index (χ1v) is 11.9. The van der Waals surface area contributed by atoms with E-state index in [0.717, 1.165) is 23.3 Å². The minimum atomic E-state index is -0.455. The highest BCUT2D eigenvalue weighted by atomic mass is 32.2. The lowest BCUT2D eigenvalue weighted by atomic mass is 10.1. The zero-order valence-corrected chi connectivity index (χ0v) is 19.4.